The molecule has 2 N–H and O–H groups in total. The average Bonchev–Trinajstić information content (AvgIpc) is 2.69. The molecule has 6 heteroatoms. The summed E-state index contributed by atoms with van der Waals surface area (Å²) in [7, 11) is 1.78. The molecule has 0 saturated carbocycles. The van der Waals surface area contributed by atoms with Crippen LogP contribution in [0.3, 0.4) is 0 Å². The number of halogens is 3. The topological polar surface area (TPSA) is 43.8 Å². The van der Waals surface area contributed by atoms with Gasteiger partial charge in [-0.25, -0.2) is 0 Å². The van der Waals surface area contributed by atoms with Crippen LogP contribution in [0.5, 0.6) is 0 Å². The van der Waals surface area contributed by atoms with Crippen molar-refractivity contribution in [2.75, 3.05) is 5.73 Å². The number of nitrogens with zero attached hydrogens (tertiary/aromatic N) is 2. The van der Waals surface area contributed by atoms with Crippen molar-refractivity contribution in [2.24, 2.45) is 7.05 Å². The van der Waals surface area contributed by atoms with E-state index in [0.717, 1.165) is 23.4 Å². The van der Waals surface area contributed by atoms with Gasteiger partial charge in [0.15, 0.2) is 0 Å². The highest BCUT2D eigenvalue weighted by atomic mass is 19.4. The Balaban J connectivity index is 2.59. The molecule has 0 saturated heterocycles. The molecule has 1 heterocycles. The molecule has 0 aliphatic carbocycles. The molecule has 0 radical (unpaired) electrons. The molecule has 2 rings (SSSR count). The zero-order valence-corrected chi connectivity index (χ0v) is 12.4. The van der Waals surface area contributed by atoms with E-state index < -0.39 is 11.7 Å². The lowest BCUT2D eigenvalue weighted by Crippen LogP contribution is -2.14. The van der Waals surface area contributed by atoms with Crippen LogP contribution >= 0.6 is 0 Å². The fourth-order valence-electron chi connectivity index (χ4n) is 2.22. The van der Waals surface area contributed by atoms with Crippen molar-refractivity contribution in [3.63, 3.8) is 0 Å². The Morgan fingerprint density at radius 2 is 1.71 bits per heavy atom. The Kier molecular flexibility index (Phi) is 3.51. The minimum absolute atomic E-state index is 0.100. The molecule has 0 fully saturated rings. The Morgan fingerprint density at radius 3 is 2.19 bits per heavy atom. The molecule has 0 unspecified atom stereocenters. The van der Waals surface area contributed by atoms with Crippen molar-refractivity contribution < 1.29 is 13.2 Å². The first-order valence-corrected chi connectivity index (χ1v) is 6.51. The van der Waals surface area contributed by atoms with E-state index in [1.807, 2.05) is 20.8 Å². The van der Waals surface area contributed by atoms with Gasteiger partial charge < -0.3 is 5.73 Å². The van der Waals surface area contributed by atoms with Gasteiger partial charge >= 0.3 is 6.18 Å². The molecule has 1 aromatic carbocycles. The number of alkyl halides is 3. The van der Waals surface area contributed by atoms with E-state index in [2.05, 4.69) is 5.10 Å². The highest BCUT2D eigenvalue weighted by Crippen LogP contribution is 2.38. The Hall–Kier alpha value is -1.98. The third-order valence-electron chi connectivity index (χ3n) is 3.21. The predicted molar refractivity (Wildman–Crippen MR) is 76.8 cm³/mol. The summed E-state index contributed by atoms with van der Waals surface area (Å²) in [6, 6.07) is 3.42. The third-order valence-corrected chi connectivity index (χ3v) is 3.21. The van der Waals surface area contributed by atoms with Gasteiger partial charge in [-0.2, -0.15) is 18.3 Å². The van der Waals surface area contributed by atoms with Crippen LogP contribution in [0.2, 0.25) is 0 Å². The van der Waals surface area contributed by atoms with Crippen LogP contribution in [0.4, 0.5) is 18.9 Å². The van der Waals surface area contributed by atoms with E-state index in [1.54, 1.807) is 17.9 Å². The zero-order chi connectivity index (χ0) is 16.0. The monoisotopic (exact) mass is 297 g/mol. The lowest BCUT2D eigenvalue weighted by molar-refractivity contribution is -0.137. The van der Waals surface area contributed by atoms with Gasteiger partial charge in [-0.3, -0.25) is 4.68 Å². The Morgan fingerprint density at radius 1 is 1.10 bits per heavy atom. The molecular formula is C15H18F3N3. The molecule has 2 aromatic rings. The van der Waals surface area contributed by atoms with Gasteiger partial charge in [-0.15, -0.1) is 0 Å². The first-order valence-electron chi connectivity index (χ1n) is 6.51. The molecular weight excluding hydrogens is 279 g/mol. The van der Waals surface area contributed by atoms with Crippen LogP contribution in [0.25, 0.3) is 11.1 Å². The van der Waals surface area contributed by atoms with E-state index in [4.69, 9.17) is 5.73 Å². The largest absolute Gasteiger partial charge is 0.416 e. The van der Waals surface area contributed by atoms with Crippen LogP contribution in [0.1, 0.15) is 32.0 Å². The van der Waals surface area contributed by atoms with Gasteiger partial charge in [0.2, 0.25) is 0 Å². The smallest absolute Gasteiger partial charge is 0.398 e. The summed E-state index contributed by atoms with van der Waals surface area (Å²) in [5.74, 6) is 0. The van der Waals surface area contributed by atoms with E-state index in [1.165, 1.54) is 6.07 Å². The van der Waals surface area contributed by atoms with Gasteiger partial charge in [-0.1, -0.05) is 26.8 Å². The Labute approximate surface area is 121 Å². The number of nitrogens with two attached hydrogens (primary N) is 1. The maximum absolute atomic E-state index is 12.7. The maximum atomic E-state index is 12.7. The highest BCUT2D eigenvalue weighted by molar-refractivity contribution is 5.78. The second kappa shape index (κ2) is 4.79. The first kappa shape index (κ1) is 15.4. The average molecular weight is 297 g/mol. The predicted octanol–water partition coefficient (Wildman–Crippen LogP) is 3.99. The Bertz CT molecular complexity index is 664. The van der Waals surface area contributed by atoms with Crippen LogP contribution in [-0.4, -0.2) is 9.78 Å². The van der Waals surface area contributed by atoms with Gasteiger partial charge in [0.25, 0.3) is 0 Å². The SMILES string of the molecule is Cn1cc(-c2ccc(C(F)(F)F)cc2N)c(C(C)(C)C)n1. The molecule has 21 heavy (non-hydrogen) atoms. The van der Waals surface area contributed by atoms with Crippen LogP contribution in [0.15, 0.2) is 24.4 Å². The van der Waals surface area contributed by atoms with Crippen molar-refractivity contribution in [1.29, 1.82) is 0 Å². The highest BCUT2D eigenvalue weighted by Gasteiger charge is 2.31. The van der Waals surface area contributed by atoms with Crippen molar-refractivity contribution in [3.05, 3.63) is 35.7 Å². The molecule has 0 amide bonds. The summed E-state index contributed by atoms with van der Waals surface area (Å²) in [4.78, 5) is 0. The van der Waals surface area contributed by atoms with Crippen LogP contribution < -0.4 is 5.73 Å². The zero-order valence-electron chi connectivity index (χ0n) is 12.4. The number of aromatic nitrogens is 2. The first-order chi connectivity index (χ1) is 9.50. The van der Waals surface area contributed by atoms with Gasteiger partial charge in [0.05, 0.1) is 11.3 Å². The molecule has 114 valence electrons. The number of aryl methyl sites for hydroxylation is 1. The summed E-state index contributed by atoms with van der Waals surface area (Å²) < 4.78 is 39.8. The fourth-order valence-corrected chi connectivity index (χ4v) is 2.22. The molecule has 3 nitrogen and oxygen atoms in total. The minimum Gasteiger partial charge on any atom is -0.398 e. The summed E-state index contributed by atoms with van der Waals surface area (Å²) in [6.45, 7) is 6.00. The number of hydrogen-bond acceptors (Lipinski definition) is 2. The summed E-state index contributed by atoms with van der Waals surface area (Å²) >= 11 is 0. The lowest BCUT2D eigenvalue weighted by Gasteiger charge is -2.18. The number of hydrogen-bond donors (Lipinski definition) is 1. The number of anilines is 1. The van der Waals surface area contributed by atoms with Gasteiger partial charge in [-0.05, 0) is 12.1 Å². The number of rotatable bonds is 1. The van der Waals surface area contributed by atoms with Crippen molar-refractivity contribution in [2.45, 2.75) is 32.4 Å². The molecule has 0 aliphatic rings. The van der Waals surface area contributed by atoms with Crippen LogP contribution in [0, 0.1) is 0 Å². The fraction of sp³-hybridized carbons (Fsp3) is 0.400. The molecule has 1 aromatic heterocycles. The minimum atomic E-state index is -4.39. The molecule has 0 atom stereocenters. The molecule has 0 aliphatic heterocycles. The van der Waals surface area contributed by atoms with Crippen LogP contribution in [-0.2, 0) is 18.6 Å². The number of benzene rings is 1. The second-order valence-corrected chi connectivity index (χ2v) is 6.11. The maximum Gasteiger partial charge on any atom is 0.416 e. The third kappa shape index (κ3) is 3.04. The molecule has 0 spiro atoms. The van der Waals surface area contributed by atoms with Gasteiger partial charge in [0, 0.05) is 35.5 Å². The summed E-state index contributed by atoms with van der Waals surface area (Å²) in [6.07, 6.45) is -2.62. The van der Waals surface area contributed by atoms with E-state index in [9.17, 15) is 13.2 Å². The van der Waals surface area contributed by atoms with E-state index in [0.29, 0.717) is 5.56 Å². The van der Waals surface area contributed by atoms with Crippen molar-refractivity contribution in [1.82, 2.24) is 9.78 Å². The summed E-state index contributed by atoms with van der Waals surface area (Å²) in [5, 5.41) is 4.41. The summed E-state index contributed by atoms with van der Waals surface area (Å²) in [5.41, 5.74) is 7.09. The second-order valence-electron chi connectivity index (χ2n) is 6.11. The van der Waals surface area contributed by atoms with Crippen molar-refractivity contribution >= 4 is 5.69 Å². The van der Waals surface area contributed by atoms with E-state index in [-0.39, 0.29) is 11.1 Å². The molecule has 0 bridgehead atoms. The normalized spacial score (nSPS) is 12.7. The van der Waals surface area contributed by atoms with Gasteiger partial charge in [0.1, 0.15) is 0 Å². The van der Waals surface area contributed by atoms with Crippen molar-refractivity contribution in [3.8, 4) is 11.1 Å². The number of nitrogen functional groups attached to an aromatic ring is 1. The lowest BCUT2D eigenvalue weighted by atomic mass is 9.87. The van der Waals surface area contributed by atoms with E-state index >= 15 is 0 Å². The quantitative estimate of drug-likeness (QED) is 0.809. The standard InChI is InChI=1S/C15H18F3N3/c1-14(2,3)13-11(8-21(4)20-13)10-6-5-9(7-12(10)19)15(16,17)18/h5-8H,19H2,1-4H3.